The molecule has 0 saturated carbocycles. The number of benzene rings is 1. The summed E-state index contributed by atoms with van der Waals surface area (Å²) in [5.41, 5.74) is 3.36. The highest BCUT2D eigenvalue weighted by molar-refractivity contribution is 7.89. The van der Waals surface area contributed by atoms with E-state index in [-0.39, 0.29) is 11.4 Å². The third kappa shape index (κ3) is 3.32. The van der Waals surface area contributed by atoms with Crippen LogP contribution in [-0.2, 0) is 16.6 Å². The van der Waals surface area contributed by atoms with Gasteiger partial charge in [-0.1, -0.05) is 6.07 Å². The number of pyridine rings is 2. The minimum atomic E-state index is -3.71. The van der Waals surface area contributed by atoms with Crippen molar-refractivity contribution in [2.24, 2.45) is 0 Å². The molecule has 3 heterocycles. The van der Waals surface area contributed by atoms with Crippen molar-refractivity contribution < 1.29 is 8.42 Å². The van der Waals surface area contributed by atoms with Gasteiger partial charge in [0, 0.05) is 30.7 Å². The van der Waals surface area contributed by atoms with E-state index < -0.39 is 10.0 Å². The maximum absolute atomic E-state index is 12.7. The number of nitrogens with zero attached hydrogens (tertiary/aromatic N) is 4. The maximum Gasteiger partial charge on any atom is 0.243 e. The van der Waals surface area contributed by atoms with Gasteiger partial charge >= 0.3 is 0 Å². The predicted octanol–water partition coefficient (Wildman–Crippen LogP) is 2.63. The van der Waals surface area contributed by atoms with Gasteiger partial charge in [-0.3, -0.25) is 9.97 Å². The van der Waals surface area contributed by atoms with Gasteiger partial charge in [-0.2, -0.15) is 8.75 Å². The van der Waals surface area contributed by atoms with E-state index in [0.717, 1.165) is 28.5 Å². The molecule has 3 aromatic heterocycles. The Morgan fingerprint density at radius 2 is 1.96 bits per heavy atom. The van der Waals surface area contributed by atoms with E-state index >= 15 is 0 Å². The number of rotatable bonds is 5. The Kier molecular flexibility index (Phi) is 4.41. The van der Waals surface area contributed by atoms with Crippen LogP contribution in [0.2, 0.25) is 0 Å². The highest BCUT2D eigenvalue weighted by Crippen LogP contribution is 2.21. The Bertz CT molecular complexity index is 1160. The molecule has 9 heteroatoms. The van der Waals surface area contributed by atoms with Crippen LogP contribution >= 0.6 is 11.7 Å². The molecule has 1 aromatic carbocycles. The van der Waals surface area contributed by atoms with Crippen molar-refractivity contribution in [3.63, 3.8) is 0 Å². The zero-order valence-electron chi connectivity index (χ0n) is 13.4. The van der Waals surface area contributed by atoms with Crippen molar-refractivity contribution in [1.29, 1.82) is 0 Å². The highest BCUT2D eigenvalue weighted by Gasteiger charge is 2.19. The SMILES string of the molecule is O=S(=O)(NCc1ccnc(-c2cccnc2)c1)c1cccc2nsnc12. The molecule has 0 aliphatic rings. The maximum atomic E-state index is 12.7. The first-order valence-electron chi connectivity index (χ1n) is 7.70. The van der Waals surface area contributed by atoms with Crippen molar-refractivity contribution >= 4 is 32.8 Å². The third-order valence-corrected chi connectivity index (χ3v) is 5.76. The average molecular weight is 383 g/mol. The van der Waals surface area contributed by atoms with E-state index in [1.165, 1.54) is 6.07 Å². The van der Waals surface area contributed by atoms with Crippen LogP contribution in [0.4, 0.5) is 0 Å². The third-order valence-electron chi connectivity index (χ3n) is 3.79. The molecule has 0 aliphatic heterocycles. The average Bonchev–Trinajstić information content (AvgIpc) is 3.16. The van der Waals surface area contributed by atoms with Gasteiger partial charge in [0.1, 0.15) is 15.9 Å². The smallest absolute Gasteiger partial charge is 0.243 e. The summed E-state index contributed by atoms with van der Waals surface area (Å²) in [6.45, 7) is 0.145. The topological polar surface area (TPSA) is 97.7 Å². The van der Waals surface area contributed by atoms with Gasteiger partial charge in [0.25, 0.3) is 0 Å². The van der Waals surface area contributed by atoms with E-state index in [2.05, 4.69) is 23.4 Å². The van der Waals surface area contributed by atoms with Gasteiger partial charge in [0.05, 0.1) is 17.4 Å². The monoisotopic (exact) mass is 383 g/mol. The van der Waals surface area contributed by atoms with E-state index in [1.807, 2.05) is 18.2 Å². The number of hydrogen-bond donors (Lipinski definition) is 1. The Morgan fingerprint density at radius 1 is 1.04 bits per heavy atom. The summed E-state index contributed by atoms with van der Waals surface area (Å²) in [6.07, 6.45) is 5.05. The van der Waals surface area contributed by atoms with E-state index in [9.17, 15) is 8.42 Å². The van der Waals surface area contributed by atoms with Gasteiger partial charge in [0.2, 0.25) is 10.0 Å². The van der Waals surface area contributed by atoms with Gasteiger partial charge in [-0.05, 0) is 42.0 Å². The van der Waals surface area contributed by atoms with Gasteiger partial charge in [-0.25, -0.2) is 13.1 Å². The second-order valence-corrected chi connectivity index (χ2v) is 7.77. The largest absolute Gasteiger partial charge is 0.264 e. The molecule has 0 aliphatic carbocycles. The van der Waals surface area contributed by atoms with Crippen LogP contribution in [0.5, 0.6) is 0 Å². The molecule has 4 aromatic rings. The summed E-state index contributed by atoms with van der Waals surface area (Å²) in [5, 5.41) is 0. The number of nitrogens with one attached hydrogen (secondary N) is 1. The summed E-state index contributed by atoms with van der Waals surface area (Å²) in [6, 6.07) is 12.3. The molecule has 0 fully saturated rings. The first-order valence-corrected chi connectivity index (χ1v) is 9.91. The predicted molar refractivity (Wildman–Crippen MR) is 98.9 cm³/mol. The molecule has 4 rings (SSSR count). The Morgan fingerprint density at radius 3 is 2.81 bits per heavy atom. The molecule has 0 atom stereocenters. The molecule has 0 saturated heterocycles. The second kappa shape index (κ2) is 6.87. The lowest BCUT2D eigenvalue weighted by molar-refractivity contribution is 0.582. The van der Waals surface area contributed by atoms with Gasteiger partial charge < -0.3 is 0 Å². The molecule has 26 heavy (non-hydrogen) atoms. The van der Waals surface area contributed by atoms with E-state index in [1.54, 1.807) is 36.8 Å². The van der Waals surface area contributed by atoms with Crippen LogP contribution in [0.15, 0.2) is 66.0 Å². The minimum Gasteiger partial charge on any atom is -0.264 e. The van der Waals surface area contributed by atoms with Crippen LogP contribution in [0.25, 0.3) is 22.3 Å². The molecular weight excluding hydrogens is 370 g/mol. The summed E-state index contributed by atoms with van der Waals surface area (Å²) < 4.78 is 36.1. The van der Waals surface area contributed by atoms with Crippen molar-refractivity contribution in [2.45, 2.75) is 11.4 Å². The lowest BCUT2D eigenvalue weighted by Gasteiger charge is -2.08. The lowest BCUT2D eigenvalue weighted by Crippen LogP contribution is -2.23. The zero-order valence-corrected chi connectivity index (χ0v) is 15.0. The Labute approximate surface area is 154 Å². The van der Waals surface area contributed by atoms with E-state index in [4.69, 9.17) is 0 Å². The molecule has 0 radical (unpaired) electrons. The van der Waals surface area contributed by atoms with E-state index in [0.29, 0.717) is 11.0 Å². The number of aromatic nitrogens is 4. The zero-order chi connectivity index (χ0) is 18.0. The van der Waals surface area contributed by atoms with Crippen LogP contribution < -0.4 is 4.72 Å². The normalized spacial score (nSPS) is 11.7. The Balaban J connectivity index is 1.58. The molecule has 0 amide bonds. The standard InChI is InChI=1S/C17H13N5O2S2/c23-26(24,16-5-1-4-14-17(16)22-25-21-14)20-10-12-6-8-19-15(9-12)13-3-2-7-18-11-13/h1-9,11,20H,10H2. The molecule has 0 spiro atoms. The fourth-order valence-electron chi connectivity index (χ4n) is 2.51. The number of sulfonamides is 1. The van der Waals surface area contributed by atoms with Crippen LogP contribution in [0.1, 0.15) is 5.56 Å². The van der Waals surface area contributed by atoms with Crippen molar-refractivity contribution in [1.82, 2.24) is 23.4 Å². The summed E-state index contributed by atoms with van der Waals surface area (Å²) in [5.74, 6) is 0. The molecule has 0 bridgehead atoms. The number of fused-ring (bicyclic) bond motifs is 1. The fourth-order valence-corrected chi connectivity index (χ4v) is 4.29. The van der Waals surface area contributed by atoms with Crippen molar-refractivity contribution in [3.05, 3.63) is 66.6 Å². The van der Waals surface area contributed by atoms with Crippen LogP contribution in [0, 0.1) is 0 Å². The van der Waals surface area contributed by atoms with Crippen LogP contribution in [0.3, 0.4) is 0 Å². The summed E-state index contributed by atoms with van der Waals surface area (Å²) >= 11 is 0.991. The van der Waals surface area contributed by atoms with Crippen molar-refractivity contribution in [3.8, 4) is 11.3 Å². The quantitative estimate of drug-likeness (QED) is 0.569. The van der Waals surface area contributed by atoms with Gasteiger partial charge in [-0.15, -0.1) is 0 Å². The molecular formula is C17H13N5O2S2. The minimum absolute atomic E-state index is 0.130. The first kappa shape index (κ1) is 16.7. The number of hydrogen-bond acceptors (Lipinski definition) is 7. The lowest BCUT2D eigenvalue weighted by atomic mass is 10.1. The second-order valence-electron chi connectivity index (χ2n) is 5.50. The van der Waals surface area contributed by atoms with Crippen molar-refractivity contribution in [2.75, 3.05) is 0 Å². The summed E-state index contributed by atoms with van der Waals surface area (Å²) in [4.78, 5) is 8.52. The summed E-state index contributed by atoms with van der Waals surface area (Å²) in [7, 11) is -3.71. The Hall–Kier alpha value is -2.75. The van der Waals surface area contributed by atoms with Crippen LogP contribution in [-0.4, -0.2) is 27.1 Å². The molecule has 0 unspecified atom stereocenters. The molecule has 7 nitrogen and oxygen atoms in total. The fraction of sp³-hybridized carbons (Fsp3) is 0.0588. The highest BCUT2D eigenvalue weighted by atomic mass is 32.2. The molecule has 1 N–H and O–H groups in total. The first-order chi connectivity index (χ1) is 12.6. The van der Waals surface area contributed by atoms with Gasteiger partial charge in [0.15, 0.2) is 0 Å². The molecule has 130 valence electrons.